The van der Waals surface area contributed by atoms with E-state index < -0.39 is 11.4 Å². The van der Waals surface area contributed by atoms with E-state index in [1.165, 1.54) is 14.2 Å². The fourth-order valence-electron chi connectivity index (χ4n) is 1.59. The molecule has 0 spiro atoms. The van der Waals surface area contributed by atoms with Gasteiger partial charge in [0.05, 0.1) is 14.2 Å². The Labute approximate surface area is 113 Å². The summed E-state index contributed by atoms with van der Waals surface area (Å²) in [4.78, 5) is 23.6. The number of rotatable bonds is 4. The molecule has 0 atom stereocenters. The molecule has 0 aromatic heterocycles. The summed E-state index contributed by atoms with van der Waals surface area (Å²) in [7, 11) is 2.80. The van der Waals surface area contributed by atoms with Crippen molar-refractivity contribution < 1.29 is 19.1 Å². The van der Waals surface area contributed by atoms with Gasteiger partial charge in [-0.1, -0.05) is 26.8 Å². The van der Waals surface area contributed by atoms with E-state index in [-0.39, 0.29) is 12.2 Å². The van der Waals surface area contributed by atoms with Gasteiger partial charge in [-0.3, -0.25) is 4.79 Å². The molecule has 0 fully saturated rings. The molecular weight excluding hydrogens is 244 g/mol. The Hall–Kier alpha value is -1.84. The summed E-state index contributed by atoms with van der Waals surface area (Å²) in [5, 5.41) is 0. The van der Waals surface area contributed by atoms with Gasteiger partial charge in [-0.15, -0.1) is 0 Å². The lowest BCUT2D eigenvalue weighted by Gasteiger charge is -2.17. The van der Waals surface area contributed by atoms with E-state index in [9.17, 15) is 9.59 Å². The van der Waals surface area contributed by atoms with E-state index >= 15 is 0 Å². The van der Waals surface area contributed by atoms with Crippen LogP contribution in [0, 0.1) is 5.41 Å². The Balaban J connectivity index is 3.05. The van der Waals surface area contributed by atoms with Crippen molar-refractivity contribution >= 4 is 11.8 Å². The van der Waals surface area contributed by atoms with Gasteiger partial charge < -0.3 is 9.47 Å². The molecule has 0 unspecified atom stereocenters. The molecule has 4 heteroatoms. The maximum absolute atomic E-state index is 12.0. The third-order valence-electron chi connectivity index (χ3n) is 2.87. The molecule has 0 saturated carbocycles. The number of Topliss-reactive ketones (excluding diaryl/α,β-unsaturated/α-hetero) is 1. The highest BCUT2D eigenvalue weighted by atomic mass is 16.5. The lowest BCUT2D eigenvalue weighted by Crippen LogP contribution is -2.22. The molecule has 0 aliphatic heterocycles. The van der Waals surface area contributed by atoms with E-state index in [4.69, 9.17) is 9.47 Å². The molecule has 0 N–H and O–H groups in total. The third kappa shape index (κ3) is 3.81. The van der Waals surface area contributed by atoms with Crippen molar-refractivity contribution in [2.24, 2.45) is 5.41 Å². The number of hydrogen-bond donors (Lipinski definition) is 0. The molecule has 0 saturated heterocycles. The second-order valence-corrected chi connectivity index (χ2v) is 5.38. The predicted octanol–water partition coefficient (Wildman–Crippen LogP) is 2.64. The number of benzene rings is 1. The zero-order chi connectivity index (χ0) is 14.6. The summed E-state index contributed by atoms with van der Waals surface area (Å²) in [6, 6.07) is 5.11. The van der Waals surface area contributed by atoms with Crippen LogP contribution in [-0.2, 0) is 16.0 Å². The van der Waals surface area contributed by atoms with Gasteiger partial charge in [0.25, 0.3) is 0 Å². The van der Waals surface area contributed by atoms with Gasteiger partial charge in [-0.05, 0) is 17.7 Å². The summed E-state index contributed by atoms with van der Waals surface area (Å²) in [6.45, 7) is 5.63. The minimum Gasteiger partial charge on any atom is -0.496 e. The lowest BCUT2D eigenvalue weighted by molar-refractivity contribution is -0.125. The highest BCUT2D eigenvalue weighted by molar-refractivity contribution is 5.93. The van der Waals surface area contributed by atoms with Gasteiger partial charge in [-0.25, -0.2) is 4.79 Å². The van der Waals surface area contributed by atoms with Gasteiger partial charge in [-0.2, -0.15) is 0 Å². The lowest BCUT2D eigenvalue weighted by atomic mass is 9.87. The van der Waals surface area contributed by atoms with Gasteiger partial charge in [0.15, 0.2) is 0 Å². The number of methoxy groups -OCH3 is 2. The molecule has 1 aromatic rings. The van der Waals surface area contributed by atoms with Gasteiger partial charge in [0, 0.05) is 11.8 Å². The van der Waals surface area contributed by atoms with Crippen LogP contribution in [0.4, 0.5) is 0 Å². The Morgan fingerprint density at radius 1 is 1.16 bits per heavy atom. The first kappa shape index (κ1) is 15.2. The van der Waals surface area contributed by atoms with Crippen LogP contribution in [0.25, 0.3) is 0 Å². The van der Waals surface area contributed by atoms with Crippen LogP contribution in [-0.4, -0.2) is 26.0 Å². The number of esters is 1. The van der Waals surface area contributed by atoms with Crippen LogP contribution in [0.15, 0.2) is 18.2 Å². The highest BCUT2D eigenvalue weighted by Crippen LogP contribution is 2.23. The average molecular weight is 264 g/mol. The SMILES string of the molecule is COC(=O)c1cc(CC(=O)C(C)(C)C)ccc1OC. The fraction of sp³-hybridized carbons (Fsp3) is 0.467. The van der Waals surface area contributed by atoms with E-state index in [1.54, 1.807) is 18.2 Å². The molecular formula is C15H20O4. The van der Waals surface area contributed by atoms with Gasteiger partial charge >= 0.3 is 5.97 Å². The van der Waals surface area contributed by atoms with Crippen molar-refractivity contribution in [3.8, 4) is 5.75 Å². The van der Waals surface area contributed by atoms with E-state index in [2.05, 4.69) is 0 Å². The van der Waals surface area contributed by atoms with E-state index in [1.807, 2.05) is 20.8 Å². The van der Waals surface area contributed by atoms with E-state index in [0.717, 1.165) is 5.56 Å². The first-order chi connectivity index (χ1) is 8.79. The Morgan fingerprint density at radius 3 is 2.26 bits per heavy atom. The molecule has 19 heavy (non-hydrogen) atoms. The molecule has 0 heterocycles. The predicted molar refractivity (Wildman–Crippen MR) is 72.5 cm³/mol. The Kier molecular flexibility index (Phi) is 4.70. The average Bonchev–Trinajstić information content (AvgIpc) is 2.36. The first-order valence-electron chi connectivity index (χ1n) is 6.08. The molecule has 104 valence electrons. The zero-order valence-electron chi connectivity index (χ0n) is 12.1. The largest absolute Gasteiger partial charge is 0.496 e. The summed E-state index contributed by atoms with van der Waals surface area (Å²) in [6.07, 6.45) is 0.289. The summed E-state index contributed by atoms with van der Waals surface area (Å²) in [5.41, 5.74) is 0.719. The Morgan fingerprint density at radius 2 is 1.79 bits per heavy atom. The van der Waals surface area contributed by atoms with Crippen molar-refractivity contribution in [1.82, 2.24) is 0 Å². The number of hydrogen-bond acceptors (Lipinski definition) is 4. The molecule has 1 rings (SSSR count). The van der Waals surface area contributed by atoms with Gasteiger partial charge in [0.1, 0.15) is 17.1 Å². The monoisotopic (exact) mass is 264 g/mol. The molecule has 0 aliphatic carbocycles. The number of ketones is 1. The number of ether oxygens (including phenoxy) is 2. The van der Waals surface area contributed by atoms with Crippen molar-refractivity contribution in [2.75, 3.05) is 14.2 Å². The van der Waals surface area contributed by atoms with Crippen molar-refractivity contribution in [2.45, 2.75) is 27.2 Å². The second kappa shape index (κ2) is 5.87. The van der Waals surface area contributed by atoms with Crippen molar-refractivity contribution in [3.63, 3.8) is 0 Å². The van der Waals surface area contributed by atoms with Crippen molar-refractivity contribution in [1.29, 1.82) is 0 Å². The molecule has 0 radical (unpaired) electrons. The smallest absolute Gasteiger partial charge is 0.341 e. The third-order valence-corrected chi connectivity index (χ3v) is 2.87. The molecule has 1 aromatic carbocycles. The first-order valence-corrected chi connectivity index (χ1v) is 6.08. The maximum Gasteiger partial charge on any atom is 0.341 e. The topological polar surface area (TPSA) is 52.6 Å². The van der Waals surface area contributed by atoms with Crippen LogP contribution < -0.4 is 4.74 Å². The van der Waals surface area contributed by atoms with Crippen LogP contribution in [0.5, 0.6) is 5.75 Å². The van der Waals surface area contributed by atoms with Crippen LogP contribution in [0.3, 0.4) is 0 Å². The second-order valence-electron chi connectivity index (χ2n) is 5.38. The van der Waals surface area contributed by atoms with Crippen LogP contribution in [0.2, 0.25) is 0 Å². The zero-order valence-corrected chi connectivity index (χ0v) is 12.1. The van der Waals surface area contributed by atoms with E-state index in [0.29, 0.717) is 11.3 Å². The molecule has 4 nitrogen and oxygen atoms in total. The number of carbonyl (C=O) groups excluding carboxylic acids is 2. The summed E-state index contributed by atoms with van der Waals surface area (Å²) >= 11 is 0. The fourth-order valence-corrected chi connectivity index (χ4v) is 1.59. The number of carbonyl (C=O) groups is 2. The standard InChI is InChI=1S/C15H20O4/c1-15(2,3)13(16)9-10-6-7-12(18-4)11(8-10)14(17)19-5/h6-8H,9H2,1-5H3. The highest BCUT2D eigenvalue weighted by Gasteiger charge is 2.22. The van der Waals surface area contributed by atoms with Crippen LogP contribution in [0.1, 0.15) is 36.7 Å². The Bertz CT molecular complexity index is 483. The van der Waals surface area contributed by atoms with Gasteiger partial charge in [0.2, 0.25) is 0 Å². The molecule has 0 bridgehead atoms. The molecule has 0 aliphatic rings. The summed E-state index contributed by atoms with van der Waals surface area (Å²) in [5.74, 6) is 0.0918. The van der Waals surface area contributed by atoms with Crippen LogP contribution >= 0.6 is 0 Å². The normalized spacial score (nSPS) is 11.0. The minimum absolute atomic E-state index is 0.119. The summed E-state index contributed by atoms with van der Waals surface area (Å²) < 4.78 is 9.81. The quantitative estimate of drug-likeness (QED) is 0.784. The maximum atomic E-state index is 12.0. The van der Waals surface area contributed by atoms with Crippen molar-refractivity contribution in [3.05, 3.63) is 29.3 Å². The molecule has 0 amide bonds. The minimum atomic E-state index is -0.470.